The maximum Gasteiger partial charge on any atom is 0.143 e. The van der Waals surface area contributed by atoms with Crippen molar-refractivity contribution in [1.82, 2.24) is 9.47 Å². The highest BCUT2D eigenvalue weighted by Gasteiger charge is 2.67. The Morgan fingerprint density at radius 1 is 1.16 bits per heavy atom. The summed E-state index contributed by atoms with van der Waals surface area (Å²) in [7, 11) is 1.74. The number of fused-ring (bicyclic) bond motifs is 5. The molecule has 2 aromatic carbocycles. The molecule has 2 bridgehead atoms. The van der Waals surface area contributed by atoms with Gasteiger partial charge in [0.25, 0.3) is 0 Å². The molecule has 0 radical (unpaired) electrons. The molecule has 158 valence electrons. The van der Waals surface area contributed by atoms with E-state index in [2.05, 4.69) is 72.0 Å². The van der Waals surface area contributed by atoms with Crippen LogP contribution in [0.15, 0.2) is 54.7 Å². The first-order valence-corrected chi connectivity index (χ1v) is 11.5. The summed E-state index contributed by atoms with van der Waals surface area (Å²) in [5.41, 5.74) is 6.66. The zero-order chi connectivity index (χ0) is 21.0. The van der Waals surface area contributed by atoms with E-state index in [0.29, 0.717) is 6.04 Å². The molecule has 3 aromatic rings. The second-order valence-electron chi connectivity index (χ2n) is 9.86. The van der Waals surface area contributed by atoms with Crippen LogP contribution >= 0.6 is 0 Å². The minimum atomic E-state index is -0.324. The van der Waals surface area contributed by atoms with E-state index in [1.54, 1.807) is 12.7 Å². The van der Waals surface area contributed by atoms with Gasteiger partial charge in [-0.1, -0.05) is 37.3 Å². The van der Waals surface area contributed by atoms with Gasteiger partial charge in [-0.15, -0.1) is 0 Å². The van der Waals surface area contributed by atoms with E-state index in [1.165, 1.54) is 27.7 Å². The van der Waals surface area contributed by atoms with Crippen LogP contribution in [-0.2, 0) is 16.9 Å². The average molecular weight is 413 g/mol. The molecule has 1 aromatic heterocycles. The molecule has 4 heteroatoms. The van der Waals surface area contributed by atoms with Gasteiger partial charge in [0.15, 0.2) is 0 Å². The zero-order valence-corrected chi connectivity index (χ0v) is 18.4. The summed E-state index contributed by atoms with van der Waals surface area (Å²) in [4.78, 5) is 2.63. The number of para-hydroxylation sites is 1. The topological polar surface area (TPSA) is 26.6 Å². The minimum Gasteiger partial charge on any atom is -0.497 e. The summed E-state index contributed by atoms with van der Waals surface area (Å²) >= 11 is 0. The molecule has 4 aliphatic rings. The van der Waals surface area contributed by atoms with Gasteiger partial charge in [0.1, 0.15) is 11.5 Å². The van der Waals surface area contributed by atoms with Crippen LogP contribution in [0.5, 0.6) is 5.75 Å². The fraction of sp³-hybridized carbons (Fsp3) is 0.407. The lowest BCUT2D eigenvalue weighted by Gasteiger charge is -2.54. The average Bonchev–Trinajstić information content (AvgIpc) is 3.29. The van der Waals surface area contributed by atoms with Gasteiger partial charge < -0.3 is 18.9 Å². The Bertz CT molecular complexity index is 1270. The third kappa shape index (κ3) is 2.00. The predicted molar refractivity (Wildman–Crippen MR) is 122 cm³/mol. The van der Waals surface area contributed by atoms with Gasteiger partial charge >= 0.3 is 0 Å². The van der Waals surface area contributed by atoms with Gasteiger partial charge in [-0.2, -0.15) is 0 Å². The van der Waals surface area contributed by atoms with Gasteiger partial charge in [0.05, 0.1) is 24.8 Å². The molecule has 0 N–H and O–H groups in total. The van der Waals surface area contributed by atoms with Gasteiger partial charge in [-0.25, -0.2) is 0 Å². The molecule has 7 rings (SSSR count). The number of benzene rings is 2. The van der Waals surface area contributed by atoms with E-state index >= 15 is 0 Å². The molecule has 4 nitrogen and oxygen atoms in total. The molecular weight excluding hydrogens is 384 g/mol. The Labute approximate surface area is 183 Å². The highest BCUT2D eigenvalue weighted by atomic mass is 16.5. The number of hydrogen-bond donors (Lipinski definition) is 0. The summed E-state index contributed by atoms with van der Waals surface area (Å²) in [6, 6.07) is 17.8. The van der Waals surface area contributed by atoms with Crippen molar-refractivity contribution in [3.05, 3.63) is 71.6 Å². The Balaban J connectivity index is 1.52. The molecule has 5 heterocycles. The third-order valence-corrected chi connectivity index (χ3v) is 8.45. The second kappa shape index (κ2) is 5.74. The number of rotatable bonds is 3. The van der Waals surface area contributed by atoms with Crippen molar-refractivity contribution in [1.29, 1.82) is 0 Å². The molecule has 0 amide bonds. The summed E-state index contributed by atoms with van der Waals surface area (Å²) in [5.74, 6) is 0.899. The lowest BCUT2D eigenvalue weighted by Crippen LogP contribution is -2.53. The number of nitrogens with zero attached hydrogens (tertiary/aromatic N) is 2. The van der Waals surface area contributed by atoms with E-state index in [9.17, 15) is 0 Å². The maximum atomic E-state index is 7.13. The largest absolute Gasteiger partial charge is 0.497 e. The van der Waals surface area contributed by atoms with Crippen molar-refractivity contribution >= 4 is 16.5 Å². The highest BCUT2D eigenvalue weighted by molar-refractivity contribution is 5.87. The first kappa shape index (κ1) is 17.9. The van der Waals surface area contributed by atoms with Gasteiger partial charge in [0.2, 0.25) is 0 Å². The van der Waals surface area contributed by atoms with Crippen molar-refractivity contribution in [2.75, 3.05) is 13.7 Å². The van der Waals surface area contributed by atoms with Gasteiger partial charge in [-0.3, -0.25) is 0 Å². The number of ether oxygens (including phenoxy) is 2. The second-order valence-corrected chi connectivity index (χ2v) is 9.86. The van der Waals surface area contributed by atoms with Crippen LogP contribution in [0.4, 0.5) is 0 Å². The molecule has 0 saturated carbocycles. The lowest BCUT2D eigenvalue weighted by atomic mass is 9.62. The van der Waals surface area contributed by atoms with E-state index in [0.717, 1.165) is 31.6 Å². The van der Waals surface area contributed by atoms with Crippen LogP contribution in [0, 0.1) is 5.41 Å². The summed E-state index contributed by atoms with van der Waals surface area (Å²) < 4.78 is 15.2. The number of hydrogen-bond acceptors (Lipinski definition) is 3. The van der Waals surface area contributed by atoms with Gasteiger partial charge in [-0.05, 0) is 49.1 Å². The quantitative estimate of drug-likeness (QED) is 0.570. The van der Waals surface area contributed by atoms with Crippen molar-refractivity contribution in [2.24, 2.45) is 5.41 Å². The maximum absolute atomic E-state index is 7.13. The minimum absolute atomic E-state index is 0.0838. The first-order valence-electron chi connectivity index (χ1n) is 11.5. The number of methoxy groups -OCH3 is 1. The molecule has 0 unspecified atom stereocenters. The monoisotopic (exact) mass is 412 g/mol. The molecule has 0 spiro atoms. The Morgan fingerprint density at radius 2 is 2.03 bits per heavy atom. The van der Waals surface area contributed by atoms with Crippen molar-refractivity contribution in [3.63, 3.8) is 0 Å². The Hall–Kier alpha value is -2.72. The van der Waals surface area contributed by atoms with Crippen LogP contribution in [0.3, 0.4) is 0 Å². The lowest BCUT2D eigenvalue weighted by molar-refractivity contribution is -0.0643. The van der Waals surface area contributed by atoms with Crippen LogP contribution < -0.4 is 4.74 Å². The smallest absolute Gasteiger partial charge is 0.143 e. The van der Waals surface area contributed by atoms with Crippen LogP contribution in [0.2, 0.25) is 0 Å². The fourth-order valence-electron chi connectivity index (χ4n) is 7.29. The zero-order valence-electron chi connectivity index (χ0n) is 18.4. The number of aromatic nitrogens is 1. The van der Waals surface area contributed by atoms with Crippen molar-refractivity contribution < 1.29 is 9.47 Å². The SMILES string of the molecule is CC[C@@]12C[C@@]3(C)O[C@@H]1C(c1cccc(OC)c1)=CN1CCc4c(n3c3ccccc43)[C@@H]12. The van der Waals surface area contributed by atoms with E-state index in [1.807, 2.05) is 6.07 Å². The first-order chi connectivity index (χ1) is 15.1. The molecule has 1 saturated heterocycles. The van der Waals surface area contributed by atoms with Crippen LogP contribution in [0.1, 0.15) is 49.6 Å². The Kier molecular flexibility index (Phi) is 3.32. The van der Waals surface area contributed by atoms with Crippen molar-refractivity contribution in [2.45, 2.75) is 51.0 Å². The predicted octanol–water partition coefficient (Wildman–Crippen LogP) is 5.48. The van der Waals surface area contributed by atoms with Crippen molar-refractivity contribution in [3.8, 4) is 5.75 Å². The summed E-state index contributed by atoms with van der Waals surface area (Å²) in [5, 5.41) is 1.42. The van der Waals surface area contributed by atoms with E-state index in [4.69, 9.17) is 9.47 Å². The molecule has 4 atom stereocenters. The molecule has 1 fully saturated rings. The molecule has 4 aliphatic heterocycles. The molecular formula is C27H28N2O2. The van der Waals surface area contributed by atoms with Gasteiger partial charge in [0, 0.05) is 41.2 Å². The standard InChI is InChI=1S/C27H28N2O2/c1-4-27-16-26(2)29-22-11-6-5-10-19(22)20-12-13-28(24(27)23(20)29)15-21(25(27)31-26)17-8-7-9-18(14-17)30-3/h5-11,14-15,24-25H,4,12-13,16H2,1-3H3/t24-,25-,26-,27+/m1/s1. The summed E-state index contributed by atoms with van der Waals surface area (Å²) in [6.45, 7) is 5.74. The van der Waals surface area contributed by atoms with E-state index in [-0.39, 0.29) is 17.2 Å². The normalized spacial score (nSPS) is 32.4. The molecule has 0 aliphatic carbocycles. The van der Waals surface area contributed by atoms with Crippen LogP contribution in [0.25, 0.3) is 16.5 Å². The Morgan fingerprint density at radius 3 is 2.87 bits per heavy atom. The summed E-state index contributed by atoms with van der Waals surface area (Å²) in [6.07, 6.45) is 5.73. The highest BCUT2D eigenvalue weighted by Crippen LogP contribution is 2.68. The molecule has 31 heavy (non-hydrogen) atoms. The fourth-order valence-corrected chi connectivity index (χ4v) is 7.29. The third-order valence-electron chi connectivity index (χ3n) is 8.45. The van der Waals surface area contributed by atoms with E-state index < -0.39 is 0 Å². The van der Waals surface area contributed by atoms with Crippen LogP contribution in [-0.4, -0.2) is 29.2 Å².